The lowest BCUT2D eigenvalue weighted by atomic mass is 9.83. The minimum absolute atomic E-state index is 0.332. The number of imidazole rings is 1. The van der Waals surface area contributed by atoms with Gasteiger partial charge in [-0.05, 0) is 52.4 Å². The van der Waals surface area contributed by atoms with E-state index in [9.17, 15) is 4.79 Å². The standard InChI is InChI=1S/C18H29N3O/c1-13(2)21-14(3)11-19-17(21)10-15-6-5-9-20(12-15)18(22)16-7-4-8-16/h11,13,15-16H,4-10,12H2,1-3H3. The Morgan fingerprint density at radius 3 is 2.73 bits per heavy atom. The van der Waals surface area contributed by atoms with Crippen LogP contribution in [0.2, 0.25) is 0 Å². The SMILES string of the molecule is Cc1cnc(CC2CCCN(C(=O)C3CCC3)C2)n1C(C)C. The number of aryl methyl sites for hydroxylation is 1. The Morgan fingerprint density at radius 1 is 1.32 bits per heavy atom. The Morgan fingerprint density at radius 2 is 2.09 bits per heavy atom. The van der Waals surface area contributed by atoms with Crippen molar-refractivity contribution < 1.29 is 4.79 Å². The van der Waals surface area contributed by atoms with Gasteiger partial charge in [-0.3, -0.25) is 4.79 Å². The van der Waals surface area contributed by atoms with Gasteiger partial charge in [0.2, 0.25) is 5.91 Å². The summed E-state index contributed by atoms with van der Waals surface area (Å²) in [4.78, 5) is 19.2. The van der Waals surface area contributed by atoms with Crippen molar-refractivity contribution in [3.63, 3.8) is 0 Å². The molecular weight excluding hydrogens is 274 g/mol. The van der Waals surface area contributed by atoms with E-state index in [-0.39, 0.29) is 0 Å². The van der Waals surface area contributed by atoms with Gasteiger partial charge in [0.15, 0.2) is 0 Å². The van der Waals surface area contributed by atoms with E-state index < -0.39 is 0 Å². The highest BCUT2D eigenvalue weighted by Gasteiger charge is 2.32. The zero-order chi connectivity index (χ0) is 15.7. The van der Waals surface area contributed by atoms with Crippen molar-refractivity contribution in [2.75, 3.05) is 13.1 Å². The van der Waals surface area contributed by atoms with Crippen LogP contribution >= 0.6 is 0 Å². The predicted octanol–water partition coefficient (Wildman–Crippen LogP) is 3.35. The largest absolute Gasteiger partial charge is 0.342 e. The van der Waals surface area contributed by atoms with Crippen molar-refractivity contribution in [2.24, 2.45) is 11.8 Å². The monoisotopic (exact) mass is 303 g/mol. The van der Waals surface area contributed by atoms with Crippen molar-refractivity contribution >= 4 is 5.91 Å². The van der Waals surface area contributed by atoms with Gasteiger partial charge < -0.3 is 9.47 Å². The molecule has 4 nitrogen and oxygen atoms in total. The van der Waals surface area contributed by atoms with Gasteiger partial charge in [0.1, 0.15) is 5.82 Å². The lowest BCUT2D eigenvalue weighted by Crippen LogP contribution is -2.45. The molecule has 2 aliphatic rings. The Hall–Kier alpha value is -1.32. The lowest BCUT2D eigenvalue weighted by Gasteiger charge is -2.37. The van der Waals surface area contributed by atoms with Crippen molar-refractivity contribution in [3.05, 3.63) is 17.7 Å². The summed E-state index contributed by atoms with van der Waals surface area (Å²) in [5.74, 6) is 2.51. The Bertz CT molecular complexity index is 530. The number of nitrogens with zero attached hydrogens (tertiary/aromatic N) is 3. The number of rotatable bonds is 4. The third-order valence-corrected chi connectivity index (χ3v) is 5.33. The van der Waals surface area contributed by atoms with Gasteiger partial charge >= 0.3 is 0 Å². The first-order chi connectivity index (χ1) is 10.6. The molecule has 1 aromatic heterocycles. The van der Waals surface area contributed by atoms with E-state index in [0.29, 0.717) is 23.8 Å². The molecule has 1 amide bonds. The van der Waals surface area contributed by atoms with Crippen LogP contribution in [-0.4, -0.2) is 33.4 Å². The molecule has 0 bridgehead atoms. The normalized spacial score (nSPS) is 22.9. The van der Waals surface area contributed by atoms with E-state index >= 15 is 0 Å². The maximum absolute atomic E-state index is 12.5. The average Bonchev–Trinajstić information content (AvgIpc) is 2.78. The number of piperidine rings is 1. The highest BCUT2D eigenvalue weighted by molar-refractivity contribution is 5.79. The second kappa shape index (κ2) is 6.43. The first kappa shape index (κ1) is 15.6. The minimum Gasteiger partial charge on any atom is -0.342 e. The fourth-order valence-corrected chi connectivity index (χ4v) is 3.96. The molecule has 1 aromatic rings. The van der Waals surface area contributed by atoms with Gasteiger partial charge in [-0.1, -0.05) is 6.42 Å². The van der Waals surface area contributed by atoms with E-state index in [1.165, 1.54) is 24.4 Å². The molecular formula is C18H29N3O. The summed E-state index contributed by atoms with van der Waals surface area (Å²) < 4.78 is 2.34. The Labute approximate surface area is 133 Å². The van der Waals surface area contributed by atoms with Crippen molar-refractivity contribution in [1.29, 1.82) is 0 Å². The molecule has 0 aromatic carbocycles. The molecule has 3 rings (SSSR count). The summed E-state index contributed by atoms with van der Waals surface area (Å²) in [5.41, 5.74) is 1.24. The van der Waals surface area contributed by atoms with Gasteiger partial charge in [-0.15, -0.1) is 0 Å². The number of hydrogen-bond acceptors (Lipinski definition) is 2. The van der Waals surface area contributed by atoms with E-state index in [1.807, 2.05) is 6.20 Å². The van der Waals surface area contributed by atoms with E-state index in [0.717, 1.165) is 38.8 Å². The molecule has 1 saturated heterocycles. The third kappa shape index (κ3) is 3.06. The maximum Gasteiger partial charge on any atom is 0.225 e. The quantitative estimate of drug-likeness (QED) is 0.855. The van der Waals surface area contributed by atoms with Gasteiger partial charge in [-0.25, -0.2) is 4.98 Å². The maximum atomic E-state index is 12.5. The molecule has 0 radical (unpaired) electrons. The number of carbonyl (C=O) groups excluding carboxylic acids is 1. The fraction of sp³-hybridized carbons (Fsp3) is 0.778. The lowest BCUT2D eigenvalue weighted by molar-refractivity contribution is -0.140. The van der Waals surface area contributed by atoms with Crippen LogP contribution in [0.5, 0.6) is 0 Å². The Kier molecular flexibility index (Phi) is 4.55. The molecule has 1 aliphatic carbocycles. The molecule has 2 fully saturated rings. The van der Waals surface area contributed by atoms with E-state index in [2.05, 4.69) is 35.2 Å². The summed E-state index contributed by atoms with van der Waals surface area (Å²) >= 11 is 0. The summed E-state index contributed by atoms with van der Waals surface area (Å²) in [6, 6.07) is 0.453. The van der Waals surface area contributed by atoms with Gasteiger partial charge in [0.25, 0.3) is 0 Å². The molecule has 1 aliphatic heterocycles. The van der Waals surface area contributed by atoms with Gasteiger partial charge in [-0.2, -0.15) is 0 Å². The molecule has 1 atom stereocenters. The van der Waals surface area contributed by atoms with Crippen LogP contribution in [-0.2, 0) is 11.2 Å². The molecule has 0 spiro atoms. The molecule has 1 unspecified atom stereocenters. The van der Waals surface area contributed by atoms with Crippen LogP contribution in [0.25, 0.3) is 0 Å². The van der Waals surface area contributed by atoms with Gasteiger partial charge in [0, 0.05) is 43.4 Å². The summed E-state index contributed by atoms with van der Waals surface area (Å²) in [6.45, 7) is 8.45. The number of carbonyl (C=O) groups is 1. The number of likely N-dealkylation sites (tertiary alicyclic amines) is 1. The summed E-state index contributed by atoms with van der Waals surface area (Å²) in [5, 5.41) is 0. The van der Waals surface area contributed by atoms with Crippen molar-refractivity contribution in [3.8, 4) is 0 Å². The number of hydrogen-bond donors (Lipinski definition) is 0. The average molecular weight is 303 g/mol. The summed E-state index contributed by atoms with van der Waals surface area (Å²) in [6.07, 6.45) is 8.80. The first-order valence-corrected chi connectivity index (χ1v) is 8.87. The van der Waals surface area contributed by atoms with Crippen LogP contribution in [0.1, 0.15) is 63.5 Å². The van der Waals surface area contributed by atoms with Crippen molar-refractivity contribution in [1.82, 2.24) is 14.5 Å². The topological polar surface area (TPSA) is 38.1 Å². The molecule has 122 valence electrons. The van der Waals surface area contributed by atoms with Crippen LogP contribution < -0.4 is 0 Å². The zero-order valence-electron chi connectivity index (χ0n) is 14.2. The Balaban J connectivity index is 1.64. The predicted molar refractivity (Wildman–Crippen MR) is 87.7 cm³/mol. The van der Waals surface area contributed by atoms with Crippen LogP contribution in [0, 0.1) is 18.8 Å². The number of amides is 1. The second-order valence-corrected chi connectivity index (χ2v) is 7.40. The van der Waals surface area contributed by atoms with Crippen LogP contribution in [0.4, 0.5) is 0 Å². The highest BCUT2D eigenvalue weighted by atomic mass is 16.2. The fourth-order valence-electron chi connectivity index (χ4n) is 3.96. The first-order valence-electron chi connectivity index (χ1n) is 8.87. The zero-order valence-corrected chi connectivity index (χ0v) is 14.2. The second-order valence-electron chi connectivity index (χ2n) is 7.40. The van der Waals surface area contributed by atoms with E-state index in [1.54, 1.807) is 0 Å². The molecule has 22 heavy (non-hydrogen) atoms. The van der Waals surface area contributed by atoms with Crippen LogP contribution in [0.15, 0.2) is 6.20 Å². The number of aromatic nitrogens is 2. The van der Waals surface area contributed by atoms with Crippen molar-refractivity contribution in [2.45, 2.75) is 65.3 Å². The van der Waals surface area contributed by atoms with Gasteiger partial charge in [0.05, 0.1) is 0 Å². The molecule has 2 heterocycles. The highest BCUT2D eigenvalue weighted by Crippen LogP contribution is 2.30. The van der Waals surface area contributed by atoms with Crippen LogP contribution in [0.3, 0.4) is 0 Å². The third-order valence-electron chi connectivity index (χ3n) is 5.33. The molecule has 0 N–H and O–H groups in total. The van der Waals surface area contributed by atoms with E-state index in [4.69, 9.17) is 0 Å². The molecule has 1 saturated carbocycles. The minimum atomic E-state index is 0.332. The molecule has 4 heteroatoms. The smallest absolute Gasteiger partial charge is 0.225 e. The summed E-state index contributed by atoms with van der Waals surface area (Å²) in [7, 11) is 0.